The zero-order valence-electron chi connectivity index (χ0n) is 7.58. The van der Waals surface area contributed by atoms with Crippen molar-refractivity contribution in [1.82, 2.24) is 0 Å². The Morgan fingerprint density at radius 1 is 1.29 bits per heavy atom. The fraction of sp³-hybridized carbons (Fsp3) is 0.400. The molecule has 1 N–H and O–H groups in total. The van der Waals surface area contributed by atoms with Crippen molar-refractivity contribution in [3.63, 3.8) is 0 Å². The van der Waals surface area contributed by atoms with Gasteiger partial charge in [0.2, 0.25) is 0 Å². The van der Waals surface area contributed by atoms with Crippen molar-refractivity contribution >= 4 is 23.1 Å². The summed E-state index contributed by atoms with van der Waals surface area (Å²) in [7, 11) is 0. The van der Waals surface area contributed by atoms with Gasteiger partial charge in [-0.15, -0.1) is 11.3 Å². The Kier molecular flexibility index (Phi) is 2.37. The number of ketones is 1. The lowest BCUT2D eigenvalue weighted by Crippen LogP contribution is -2.15. The van der Waals surface area contributed by atoms with Gasteiger partial charge in [0, 0.05) is 15.8 Å². The van der Waals surface area contributed by atoms with E-state index in [-0.39, 0.29) is 0 Å². The first-order chi connectivity index (χ1) is 6.70. The molecule has 0 aliphatic heterocycles. The van der Waals surface area contributed by atoms with Crippen molar-refractivity contribution in [3.05, 3.63) is 21.4 Å². The molecule has 1 aromatic heterocycles. The van der Waals surface area contributed by atoms with Gasteiger partial charge < -0.3 is 5.11 Å². The molecule has 0 fully saturated rings. The number of carboxylic acids is 1. The van der Waals surface area contributed by atoms with Crippen molar-refractivity contribution < 1.29 is 14.7 Å². The van der Waals surface area contributed by atoms with Crippen LogP contribution < -0.4 is 0 Å². The van der Waals surface area contributed by atoms with Crippen LogP contribution in [0.15, 0.2) is 5.38 Å². The smallest absolute Gasteiger partial charge is 0.377 e. The van der Waals surface area contributed by atoms with Gasteiger partial charge in [0.15, 0.2) is 0 Å². The Labute approximate surface area is 85.4 Å². The molecule has 14 heavy (non-hydrogen) atoms. The fourth-order valence-electron chi connectivity index (χ4n) is 1.80. The Balaban J connectivity index is 2.39. The van der Waals surface area contributed by atoms with E-state index in [1.54, 1.807) is 5.38 Å². The standard InChI is InChI=1S/C10H10O3S/c11-9(10(12)13)7-5-14-8-4-2-1-3-6(7)8/h5H,1-4H2,(H,12,13). The highest BCUT2D eigenvalue weighted by Crippen LogP contribution is 2.30. The molecule has 1 heterocycles. The van der Waals surface area contributed by atoms with Crippen molar-refractivity contribution in [1.29, 1.82) is 0 Å². The summed E-state index contributed by atoms with van der Waals surface area (Å²) in [6.45, 7) is 0. The largest absolute Gasteiger partial charge is 0.475 e. The van der Waals surface area contributed by atoms with Gasteiger partial charge in [-0.05, 0) is 31.2 Å². The number of thiophene rings is 1. The zero-order chi connectivity index (χ0) is 10.1. The Bertz CT molecular complexity index is 392. The average molecular weight is 210 g/mol. The van der Waals surface area contributed by atoms with Gasteiger partial charge in [0.05, 0.1) is 0 Å². The third-order valence-corrected chi connectivity index (χ3v) is 3.59. The Morgan fingerprint density at radius 2 is 2.00 bits per heavy atom. The van der Waals surface area contributed by atoms with E-state index in [0.717, 1.165) is 31.2 Å². The van der Waals surface area contributed by atoms with Crippen molar-refractivity contribution in [3.8, 4) is 0 Å². The number of carboxylic acid groups (broad SMARTS) is 1. The lowest BCUT2D eigenvalue weighted by molar-refractivity contribution is -0.131. The van der Waals surface area contributed by atoms with E-state index in [2.05, 4.69) is 0 Å². The molecule has 1 aliphatic rings. The summed E-state index contributed by atoms with van der Waals surface area (Å²) in [6.07, 6.45) is 4.05. The molecule has 74 valence electrons. The average Bonchev–Trinajstić information content (AvgIpc) is 2.60. The lowest BCUT2D eigenvalue weighted by atomic mass is 9.94. The third-order valence-electron chi connectivity index (χ3n) is 2.50. The van der Waals surface area contributed by atoms with Crippen LogP contribution in [0.2, 0.25) is 0 Å². The quantitative estimate of drug-likeness (QED) is 0.599. The minimum atomic E-state index is -1.35. The van der Waals surface area contributed by atoms with Gasteiger partial charge in [-0.2, -0.15) is 0 Å². The number of fused-ring (bicyclic) bond motifs is 1. The number of hydrogen-bond acceptors (Lipinski definition) is 3. The van der Waals surface area contributed by atoms with E-state index in [1.807, 2.05) is 0 Å². The summed E-state index contributed by atoms with van der Waals surface area (Å²) in [5, 5.41) is 10.3. The summed E-state index contributed by atoms with van der Waals surface area (Å²) < 4.78 is 0. The predicted octanol–water partition coefficient (Wildman–Crippen LogP) is 1.89. The molecule has 1 aliphatic carbocycles. The minimum absolute atomic E-state index is 0.414. The van der Waals surface area contributed by atoms with Gasteiger partial charge in [-0.25, -0.2) is 4.79 Å². The summed E-state index contributed by atoms with van der Waals surface area (Å²) >= 11 is 1.51. The zero-order valence-corrected chi connectivity index (χ0v) is 8.39. The summed E-state index contributed by atoms with van der Waals surface area (Å²) in [5.41, 5.74) is 1.39. The second kappa shape index (κ2) is 3.53. The van der Waals surface area contributed by atoms with Crippen LogP contribution in [0.5, 0.6) is 0 Å². The van der Waals surface area contributed by atoms with Crippen LogP contribution in [0.1, 0.15) is 33.6 Å². The van der Waals surface area contributed by atoms with E-state index < -0.39 is 11.8 Å². The highest BCUT2D eigenvalue weighted by atomic mass is 32.1. The van der Waals surface area contributed by atoms with Gasteiger partial charge in [0.25, 0.3) is 5.78 Å². The van der Waals surface area contributed by atoms with Crippen LogP contribution in [0.4, 0.5) is 0 Å². The van der Waals surface area contributed by atoms with Gasteiger partial charge in [0.1, 0.15) is 0 Å². The molecule has 3 nitrogen and oxygen atoms in total. The molecule has 0 aromatic carbocycles. The second-order valence-corrected chi connectivity index (χ2v) is 4.36. The van der Waals surface area contributed by atoms with Gasteiger partial charge in [-0.3, -0.25) is 4.79 Å². The first-order valence-corrected chi connectivity index (χ1v) is 5.45. The molecular weight excluding hydrogens is 200 g/mol. The van der Waals surface area contributed by atoms with Gasteiger partial charge >= 0.3 is 5.97 Å². The molecule has 0 amide bonds. The van der Waals surface area contributed by atoms with Crippen LogP contribution in [0, 0.1) is 0 Å². The number of carbonyl (C=O) groups is 2. The monoisotopic (exact) mass is 210 g/mol. The summed E-state index contributed by atoms with van der Waals surface area (Å²) in [5.74, 6) is -2.11. The van der Waals surface area contributed by atoms with Crippen LogP contribution >= 0.6 is 11.3 Å². The normalized spacial score (nSPS) is 14.9. The van der Waals surface area contributed by atoms with Gasteiger partial charge in [-0.1, -0.05) is 0 Å². The lowest BCUT2D eigenvalue weighted by Gasteiger charge is -2.11. The third kappa shape index (κ3) is 1.46. The summed E-state index contributed by atoms with van der Waals surface area (Å²) in [4.78, 5) is 23.0. The maximum atomic E-state index is 11.3. The SMILES string of the molecule is O=C(O)C(=O)c1csc2c1CCCC2. The van der Waals surface area contributed by atoms with Crippen molar-refractivity contribution in [2.75, 3.05) is 0 Å². The van der Waals surface area contributed by atoms with E-state index in [9.17, 15) is 9.59 Å². The molecule has 0 bridgehead atoms. The van der Waals surface area contributed by atoms with Crippen LogP contribution in [0.25, 0.3) is 0 Å². The molecule has 0 atom stereocenters. The van der Waals surface area contributed by atoms with E-state index >= 15 is 0 Å². The number of rotatable bonds is 2. The Morgan fingerprint density at radius 3 is 2.71 bits per heavy atom. The number of carbonyl (C=O) groups excluding carboxylic acids is 1. The van der Waals surface area contributed by atoms with Crippen LogP contribution in [-0.4, -0.2) is 16.9 Å². The highest BCUT2D eigenvalue weighted by Gasteiger charge is 2.23. The fourth-order valence-corrected chi connectivity index (χ4v) is 2.93. The highest BCUT2D eigenvalue weighted by molar-refractivity contribution is 7.10. The molecular formula is C10H10O3S. The minimum Gasteiger partial charge on any atom is -0.475 e. The molecule has 0 saturated heterocycles. The van der Waals surface area contributed by atoms with Crippen molar-refractivity contribution in [2.24, 2.45) is 0 Å². The van der Waals surface area contributed by atoms with Crippen LogP contribution in [-0.2, 0) is 17.6 Å². The van der Waals surface area contributed by atoms with E-state index in [1.165, 1.54) is 16.2 Å². The van der Waals surface area contributed by atoms with Crippen molar-refractivity contribution in [2.45, 2.75) is 25.7 Å². The first kappa shape index (κ1) is 9.40. The number of aliphatic carboxylic acids is 1. The molecule has 0 unspecified atom stereocenters. The topological polar surface area (TPSA) is 54.4 Å². The summed E-state index contributed by atoms with van der Waals surface area (Å²) in [6, 6.07) is 0. The first-order valence-electron chi connectivity index (χ1n) is 4.57. The number of hydrogen-bond donors (Lipinski definition) is 1. The molecule has 1 aromatic rings. The number of Topliss-reactive ketones (excluding diaryl/α,β-unsaturated/α-hetero) is 1. The molecule has 0 spiro atoms. The second-order valence-electron chi connectivity index (χ2n) is 3.39. The molecule has 0 saturated carbocycles. The van der Waals surface area contributed by atoms with E-state index in [0.29, 0.717) is 5.56 Å². The predicted molar refractivity (Wildman–Crippen MR) is 52.9 cm³/mol. The molecule has 0 radical (unpaired) electrons. The van der Waals surface area contributed by atoms with Crippen LogP contribution in [0.3, 0.4) is 0 Å². The maximum Gasteiger partial charge on any atom is 0.377 e. The molecule has 4 heteroatoms. The molecule has 2 rings (SSSR count). The Hall–Kier alpha value is -1.16. The van der Waals surface area contributed by atoms with E-state index in [4.69, 9.17) is 5.11 Å². The maximum absolute atomic E-state index is 11.3. The number of aryl methyl sites for hydroxylation is 1.